The molecule has 2 heteroatoms. The molecule has 0 aromatic heterocycles. The fraction of sp³-hybridized carbons (Fsp3) is 1.00. The molecule has 0 aliphatic carbocycles. The third-order valence-corrected chi connectivity index (χ3v) is 3.15. The monoisotopic (exact) mass is 242 g/mol. The molecule has 2 N–H and O–H groups in total. The van der Waals surface area contributed by atoms with Gasteiger partial charge < -0.3 is 10.6 Å². The average molecular weight is 242 g/mol. The van der Waals surface area contributed by atoms with Gasteiger partial charge in [-0.2, -0.15) is 0 Å². The standard InChI is InChI=1S/C15H34N2/c1-6-8-15(9-7-2)12-17-14(5)11-16-10-13(3)4/h13-17H,6-12H2,1-5H3. The maximum Gasteiger partial charge on any atom is 0.0164 e. The fourth-order valence-electron chi connectivity index (χ4n) is 2.19. The normalized spacial score (nSPS) is 13.6. The number of nitrogens with one attached hydrogen (secondary N) is 2. The van der Waals surface area contributed by atoms with Gasteiger partial charge in [-0.1, -0.05) is 40.5 Å². The van der Waals surface area contributed by atoms with E-state index in [1.54, 1.807) is 0 Å². The van der Waals surface area contributed by atoms with Crippen LogP contribution < -0.4 is 10.6 Å². The van der Waals surface area contributed by atoms with Crippen molar-refractivity contribution in [1.82, 2.24) is 10.6 Å². The Morgan fingerprint density at radius 2 is 1.41 bits per heavy atom. The van der Waals surface area contributed by atoms with E-state index in [4.69, 9.17) is 0 Å². The third-order valence-electron chi connectivity index (χ3n) is 3.15. The average Bonchev–Trinajstić information content (AvgIpc) is 2.26. The molecule has 0 fully saturated rings. The van der Waals surface area contributed by atoms with Crippen LogP contribution in [0.3, 0.4) is 0 Å². The minimum atomic E-state index is 0.588. The fourth-order valence-corrected chi connectivity index (χ4v) is 2.19. The van der Waals surface area contributed by atoms with Gasteiger partial charge in [-0.3, -0.25) is 0 Å². The SMILES string of the molecule is CCCC(CCC)CNC(C)CNCC(C)C. The maximum atomic E-state index is 3.66. The van der Waals surface area contributed by atoms with E-state index < -0.39 is 0 Å². The minimum Gasteiger partial charge on any atom is -0.315 e. The summed E-state index contributed by atoms with van der Waals surface area (Å²) < 4.78 is 0. The molecule has 104 valence electrons. The molecule has 0 aromatic rings. The van der Waals surface area contributed by atoms with E-state index in [2.05, 4.69) is 45.3 Å². The second-order valence-electron chi connectivity index (χ2n) is 5.80. The van der Waals surface area contributed by atoms with Gasteiger partial charge in [-0.25, -0.2) is 0 Å². The van der Waals surface area contributed by atoms with Crippen LogP contribution in [-0.4, -0.2) is 25.7 Å². The highest BCUT2D eigenvalue weighted by Gasteiger charge is 2.08. The first-order valence-electron chi connectivity index (χ1n) is 7.54. The highest BCUT2D eigenvalue weighted by atomic mass is 15.0. The summed E-state index contributed by atoms with van der Waals surface area (Å²) >= 11 is 0. The van der Waals surface area contributed by atoms with E-state index in [1.165, 1.54) is 32.2 Å². The van der Waals surface area contributed by atoms with Gasteiger partial charge in [0, 0.05) is 12.6 Å². The van der Waals surface area contributed by atoms with Crippen LogP contribution >= 0.6 is 0 Å². The zero-order chi connectivity index (χ0) is 13.1. The van der Waals surface area contributed by atoms with Crippen LogP contribution in [-0.2, 0) is 0 Å². The maximum absolute atomic E-state index is 3.66. The Hall–Kier alpha value is -0.0800. The van der Waals surface area contributed by atoms with Crippen LogP contribution in [0.25, 0.3) is 0 Å². The summed E-state index contributed by atoms with van der Waals surface area (Å²) in [5, 5.41) is 7.17. The summed E-state index contributed by atoms with van der Waals surface area (Å²) in [5.41, 5.74) is 0. The Labute approximate surface area is 109 Å². The van der Waals surface area contributed by atoms with Gasteiger partial charge in [-0.15, -0.1) is 0 Å². The van der Waals surface area contributed by atoms with E-state index in [0.717, 1.165) is 24.9 Å². The summed E-state index contributed by atoms with van der Waals surface area (Å²) in [6.07, 6.45) is 5.36. The largest absolute Gasteiger partial charge is 0.315 e. The van der Waals surface area contributed by atoms with E-state index in [0.29, 0.717) is 6.04 Å². The Balaban J connectivity index is 3.60. The van der Waals surface area contributed by atoms with Gasteiger partial charge >= 0.3 is 0 Å². The van der Waals surface area contributed by atoms with Crippen molar-refractivity contribution >= 4 is 0 Å². The molecular weight excluding hydrogens is 208 g/mol. The Bertz CT molecular complexity index is 151. The quantitative estimate of drug-likeness (QED) is 0.580. The van der Waals surface area contributed by atoms with Crippen molar-refractivity contribution < 1.29 is 0 Å². The van der Waals surface area contributed by atoms with Crippen LogP contribution in [0.5, 0.6) is 0 Å². The predicted octanol–water partition coefficient (Wildman–Crippen LogP) is 3.43. The lowest BCUT2D eigenvalue weighted by molar-refractivity contribution is 0.378. The van der Waals surface area contributed by atoms with E-state index in [9.17, 15) is 0 Å². The summed E-state index contributed by atoms with van der Waals surface area (Å²) in [6, 6.07) is 0.588. The van der Waals surface area contributed by atoms with Crippen molar-refractivity contribution in [3.8, 4) is 0 Å². The van der Waals surface area contributed by atoms with Gasteiger partial charge in [0.1, 0.15) is 0 Å². The van der Waals surface area contributed by atoms with E-state index >= 15 is 0 Å². The number of hydrogen-bond acceptors (Lipinski definition) is 2. The summed E-state index contributed by atoms with van der Waals surface area (Å²) in [5.74, 6) is 1.62. The minimum absolute atomic E-state index is 0.588. The molecular formula is C15H34N2. The second-order valence-corrected chi connectivity index (χ2v) is 5.80. The number of hydrogen-bond donors (Lipinski definition) is 2. The van der Waals surface area contributed by atoms with Gasteiger partial charge in [0.2, 0.25) is 0 Å². The first kappa shape index (κ1) is 16.9. The van der Waals surface area contributed by atoms with E-state index in [1.807, 2.05) is 0 Å². The molecule has 0 saturated heterocycles. The molecule has 0 rings (SSSR count). The van der Waals surface area contributed by atoms with Crippen molar-refractivity contribution in [2.45, 2.75) is 66.3 Å². The predicted molar refractivity (Wildman–Crippen MR) is 78.5 cm³/mol. The third kappa shape index (κ3) is 10.8. The molecule has 0 heterocycles. The molecule has 0 aliphatic rings. The highest BCUT2D eigenvalue weighted by molar-refractivity contribution is 4.68. The Morgan fingerprint density at radius 1 is 0.824 bits per heavy atom. The highest BCUT2D eigenvalue weighted by Crippen LogP contribution is 2.12. The van der Waals surface area contributed by atoms with Crippen LogP contribution in [0.15, 0.2) is 0 Å². The zero-order valence-electron chi connectivity index (χ0n) is 12.7. The Kier molecular flexibility index (Phi) is 11.0. The zero-order valence-corrected chi connectivity index (χ0v) is 12.7. The Morgan fingerprint density at radius 3 is 1.88 bits per heavy atom. The van der Waals surface area contributed by atoms with Crippen LogP contribution in [0.1, 0.15) is 60.3 Å². The molecule has 17 heavy (non-hydrogen) atoms. The molecule has 0 spiro atoms. The van der Waals surface area contributed by atoms with Gasteiger partial charge in [-0.05, 0) is 44.7 Å². The smallest absolute Gasteiger partial charge is 0.0164 e. The van der Waals surface area contributed by atoms with Crippen LogP contribution in [0, 0.1) is 11.8 Å². The summed E-state index contributed by atoms with van der Waals surface area (Å²) in [6.45, 7) is 14.8. The van der Waals surface area contributed by atoms with Gasteiger partial charge in [0.25, 0.3) is 0 Å². The lowest BCUT2D eigenvalue weighted by atomic mass is 9.98. The van der Waals surface area contributed by atoms with Crippen molar-refractivity contribution in [2.75, 3.05) is 19.6 Å². The van der Waals surface area contributed by atoms with Crippen molar-refractivity contribution in [3.05, 3.63) is 0 Å². The summed E-state index contributed by atoms with van der Waals surface area (Å²) in [4.78, 5) is 0. The molecule has 1 atom stereocenters. The van der Waals surface area contributed by atoms with Crippen molar-refractivity contribution in [3.63, 3.8) is 0 Å². The molecule has 0 aromatic carbocycles. The number of rotatable bonds is 11. The van der Waals surface area contributed by atoms with Crippen LogP contribution in [0.4, 0.5) is 0 Å². The molecule has 1 unspecified atom stereocenters. The second kappa shape index (κ2) is 11.0. The lowest BCUT2D eigenvalue weighted by Gasteiger charge is -2.20. The van der Waals surface area contributed by atoms with E-state index in [-0.39, 0.29) is 0 Å². The molecule has 0 aliphatic heterocycles. The van der Waals surface area contributed by atoms with Crippen molar-refractivity contribution in [2.24, 2.45) is 11.8 Å². The first-order chi connectivity index (χ1) is 8.10. The molecule has 0 saturated carbocycles. The van der Waals surface area contributed by atoms with Crippen LogP contribution in [0.2, 0.25) is 0 Å². The molecule has 0 bridgehead atoms. The van der Waals surface area contributed by atoms with Gasteiger partial charge in [0.05, 0.1) is 0 Å². The first-order valence-corrected chi connectivity index (χ1v) is 7.54. The lowest BCUT2D eigenvalue weighted by Crippen LogP contribution is -2.39. The molecule has 0 amide bonds. The molecule has 2 nitrogen and oxygen atoms in total. The topological polar surface area (TPSA) is 24.1 Å². The van der Waals surface area contributed by atoms with Gasteiger partial charge in [0.15, 0.2) is 0 Å². The van der Waals surface area contributed by atoms with Crippen molar-refractivity contribution in [1.29, 1.82) is 0 Å². The molecule has 0 radical (unpaired) electrons. The summed E-state index contributed by atoms with van der Waals surface area (Å²) in [7, 11) is 0.